The third-order valence-corrected chi connectivity index (χ3v) is 3.17. The first-order valence-electron chi connectivity index (χ1n) is 4.85. The van der Waals surface area contributed by atoms with Gasteiger partial charge in [-0.25, -0.2) is 4.98 Å². The Morgan fingerprint density at radius 3 is 2.81 bits per heavy atom. The predicted octanol–water partition coefficient (Wildman–Crippen LogP) is 1.86. The molecule has 1 heterocycles. The number of methoxy groups -OCH3 is 1. The second kappa shape index (κ2) is 4.51. The topological polar surface area (TPSA) is 74.2 Å². The summed E-state index contributed by atoms with van der Waals surface area (Å²) >= 11 is 1.41. The number of nitrogens with two attached hydrogens (primary N) is 2. The Kier molecular flexibility index (Phi) is 3.07. The lowest BCUT2D eigenvalue weighted by molar-refractivity contribution is 0.416. The molecule has 0 aliphatic rings. The van der Waals surface area contributed by atoms with Crippen molar-refractivity contribution in [3.05, 3.63) is 29.1 Å². The van der Waals surface area contributed by atoms with E-state index in [1.807, 2.05) is 24.3 Å². The molecule has 0 spiro atoms. The number of nitrogen functional groups attached to an aromatic ring is 1. The minimum absolute atomic E-state index is 0.433. The SMILES string of the molecule is COc1ccccc1-c1nc(N)sc1CN. The average molecular weight is 235 g/mol. The van der Waals surface area contributed by atoms with Crippen molar-refractivity contribution < 1.29 is 4.74 Å². The van der Waals surface area contributed by atoms with Gasteiger partial charge in [-0.1, -0.05) is 12.1 Å². The number of nitrogens with zero attached hydrogens (tertiary/aromatic N) is 1. The zero-order valence-electron chi connectivity index (χ0n) is 8.93. The zero-order chi connectivity index (χ0) is 11.5. The summed E-state index contributed by atoms with van der Waals surface area (Å²) in [6.45, 7) is 0.433. The van der Waals surface area contributed by atoms with E-state index in [1.165, 1.54) is 11.3 Å². The molecule has 2 aromatic rings. The summed E-state index contributed by atoms with van der Waals surface area (Å²) in [6, 6.07) is 7.70. The van der Waals surface area contributed by atoms with Crippen molar-refractivity contribution in [2.24, 2.45) is 5.73 Å². The lowest BCUT2D eigenvalue weighted by Gasteiger charge is -2.06. The third kappa shape index (κ3) is 1.87. The van der Waals surface area contributed by atoms with E-state index in [1.54, 1.807) is 7.11 Å². The number of anilines is 1. The molecule has 0 saturated heterocycles. The smallest absolute Gasteiger partial charge is 0.180 e. The van der Waals surface area contributed by atoms with E-state index < -0.39 is 0 Å². The van der Waals surface area contributed by atoms with Crippen LogP contribution in [0.5, 0.6) is 5.75 Å². The summed E-state index contributed by atoms with van der Waals surface area (Å²) in [4.78, 5) is 5.27. The number of ether oxygens (including phenoxy) is 1. The second-order valence-electron chi connectivity index (χ2n) is 3.23. The molecule has 0 unspecified atom stereocenters. The summed E-state index contributed by atoms with van der Waals surface area (Å²) in [5.41, 5.74) is 13.1. The fraction of sp³-hybridized carbons (Fsp3) is 0.182. The number of aromatic nitrogens is 1. The van der Waals surface area contributed by atoms with Crippen LogP contribution in [0.2, 0.25) is 0 Å². The Morgan fingerprint density at radius 2 is 2.12 bits per heavy atom. The standard InChI is InChI=1S/C11H13N3OS/c1-15-8-5-3-2-4-7(8)10-9(6-12)16-11(13)14-10/h2-5H,6,12H2,1H3,(H2,13,14). The van der Waals surface area contributed by atoms with Crippen LogP contribution in [0, 0.1) is 0 Å². The van der Waals surface area contributed by atoms with Gasteiger partial charge in [0.1, 0.15) is 5.75 Å². The number of hydrogen-bond acceptors (Lipinski definition) is 5. The maximum Gasteiger partial charge on any atom is 0.180 e. The van der Waals surface area contributed by atoms with Gasteiger partial charge in [-0.3, -0.25) is 0 Å². The van der Waals surface area contributed by atoms with Crippen molar-refractivity contribution in [2.75, 3.05) is 12.8 Å². The highest BCUT2D eigenvalue weighted by atomic mass is 32.1. The van der Waals surface area contributed by atoms with Gasteiger partial charge in [-0.2, -0.15) is 0 Å². The normalized spacial score (nSPS) is 10.4. The summed E-state index contributed by atoms with van der Waals surface area (Å²) in [5, 5.41) is 0.529. The molecule has 84 valence electrons. The summed E-state index contributed by atoms with van der Waals surface area (Å²) in [7, 11) is 1.64. The van der Waals surface area contributed by atoms with Gasteiger partial charge in [0, 0.05) is 17.0 Å². The van der Waals surface area contributed by atoms with E-state index in [4.69, 9.17) is 16.2 Å². The minimum Gasteiger partial charge on any atom is -0.496 e. The van der Waals surface area contributed by atoms with Crippen LogP contribution in [0.4, 0.5) is 5.13 Å². The lowest BCUT2D eigenvalue weighted by Crippen LogP contribution is -1.96. The number of benzene rings is 1. The maximum absolute atomic E-state index is 5.69. The van der Waals surface area contributed by atoms with Crippen LogP contribution in [0.1, 0.15) is 4.88 Å². The first-order chi connectivity index (χ1) is 7.76. The Labute approximate surface area is 97.9 Å². The monoisotopic (exact) mass is 235 g/mol. The number of hydrogen-bond donors (Lipinski definition) is 2. The van der Waals surface area contributed by atoms with Gasteiger partial charge in [0.15, 0.2) is 5.13 Å². The van der Waals surface area contributed by atoms with E-state index in [2.05, 4.69) is 4.98 Å². The van der Waals surface area contributed by atoms with Crippen LogP contribution in [0.25, 0.3) is 11.3 Å². The van der Waals surface area contributed by atoms with Gasteiger partial charge in [0.25, 0.3) is 0 Å². The average Bonchev–Trinajstić information content (AvgIpc) is 2.70. The van der Waals surface area contributed by atoms with E-state index in [9.17, 15) is 0 Å². The second-order valence-corrected chi connectivity index (χ2v) is 4.34. The van der Waals surface area contributed by atoms with Gasteiger partial charge >= 0.3 is 0 Å². The van der Waals surface area contributed by atoms with Crippen LogP contribution < -0.4 is 16.2 Å². The van der Waals surface area contributed by atoms with E-state index in [0.29, 0.717) is 11.7 Å². The van der Waals surface area contributed by atoms with Crippen LogP contribution >= 0.6 is 11.3 Å². The van der Waals surface area contributed by atoms with E-state index in [0.717, 1.165) is 21.9 Å². The minimum atomic E-state index is 0.433. The van der Waals surface area contributed by atoms with Gasteiger partial charge in [-0.05, 0) is 12.1 Å². The molecule has 0 bridgehead atoms. The largest absolute Gasteiger partial charge is 0.496 e. The van der Waals surface area contributed by atoms with Gasteiger partial charge in [0.05, 0.1) is 12.8 Å². The Morgan fingerprint density at radius 1 is 1.38 bits per heavy atom. The predicted molar refractivity (Wildman–Crippen MR) is 66.4 cm³/mol. The van der Waals surface area contributed by atoms with Gasteiger partial charge in [0.2, 0.25) is 0 Å². The summed E-state index contributed by atoms with van der Waals surface area (Å²) in [6.07, 6.45) is 0. The highest BCUT2D eigenvalue weighted by Crippen LogP contribution is 2.34. The molecule has 2 rings (SSSR count). The van der Waals surface area contributed by atoms with Crippen LogP contribution in [-0.4, -0.2) is 12.1 Å². The molecule has 0 radical (unpaired) electrons. The maximum atomic E-state index is 5.69. The van der Waals surface area contributed by atoms with Gasteiger partial charge < -0.3 is 16.2 Å². The summed E-state index contributed by atoms with van der Waals surface area (Å²) < 4.78 is 5.29. The molecule has 4 N–H and O–H groups in total. The van der Waals surface area contributed by atoms with Crippen molar-refractivity contribution in [3.8, 4) is 17.0 Å². The molecule has 16 heavy (non-hydrogen) atoms. The van der Waals surface area contributed by atoms with Crippen LogP contribution in [0.15, 0.2) is 24.3 Å². The van der Waals surface area contributed by atoms with E-state index in [-0.39, 0.29) is 0 Å². The molecular weight excluding hydrogens is 222 g/mol. The Bertz CT molecular complexity index is 496. The highest BCUT2D eigenvalue weighted by Gasteiger charge is 2.13. The molecule has 0 atom stereocenters. The van der Waals surface area contributed by atoms with Gasteiger partial charge in [-0.15, -0.1) is 11.3 Å². The molecule has 0 aliphatic carbocycles. The summed E-state index contributed by atoms with van der Waals surface area (Å²) in [5.74, 6) is 0.780. The zero-order valence-corrected chi connectivity index (χ0v) is 9.75. The quantitative estimate of drug-likeness (QED) is 0.851. The first-order valence-corrected chi connectivity index (χ1v) is 5.66. The van der Waals surface area contributed by atoms with E-state index >= 15 is 0 Å². The van der Waals surface area contributed by atoms with Crippen molar-refractivity contribution in [1.29, 1.82) is 0 Å². The van der Waals surface area contributed by atoms with Crippen molar-refractivity contribution in [3.63, 3.8) is 0 Å². The third-order valence-electron chi connectivity index (χ3n) is 2.26. The molecule has 1 aromatic carbocycles. The van der Waals surface area contributed by atoms with Crippen LogP contribution in [0.3, 0.4) is 0 Å². The molecule has 5 heteroatoms. The molecule has 1 aromatic heterocycles. The van der Waals surface area contributed by atoms with Crippen molar-refractivity contribution in [2.45, 2.75) is 6.54 Å². The molecule has 0 amide bonds. The molecule has 0 aliphatic heterocycles. The number of rotatable bonds is 3. The highest BCUT2D eigenvalue weighted by molar-refractivity contribution is 7.15. The lowest BCUT2D eigenvalue weighted by atomic mass is 10.1. The number of thiazole rings is 1. The fourth-order valence-corrected chi connectivity index (χ4v) is 2.28. The Balaban J connectivity index is 2.57. The van der Waals surface area contributed by atoms with Crippen molar-refractivity contribution >= 4 is 16.5 Å². The fourth-order valence-electron chi connectivity index (χ4n) is 1.56. The Hall–Kier alpha value is -1.59. The molecule has 4 nitrogen and oxygen atoms in total. The molecular formula is C11H13N3OS. The first kappa shape index (κ1) is 10.9. The molecule has 0 fully saturated rings. The molecule has 0 saturated carbocycles. The number of para-hydroxylation sites is 1. The van der Waals surface area contributed by atoms with Crippen molar-refractivity contribution in [1.82, 2.24) is 4.98 Å². The van der Waals surface area contributed by atoms with Crippen LogP contribution in [-0.2, 0) is 6.54 Å².